The normalized spacial score (nSPS) is 11.7. The zero-order valence-corrected chi connectivity index (χ0v) is 16.9. The van der Waals surface area contributed by atoms with Gasteiger partial charge >= 0.3 is 5.69 Å². The van der Waals surface area contributed by atoms with Gasteiger partial charge in [-0.1, -0.05) is 41.1 Å². The smallest absolute Gasteiger partial charge is 0.338 e. The predicted molar refractivity (Wildman–Crippen MR) is 110 cm³/mol. The Morgan fingerprint density at radius 1 is 1.07 bits per heavy atom. The summed E-state index contributed by atoms with van der Waals surface area (Å²) in [5, 5.41) is 14.7. The molecule has 0 aliphatic rings. The Bertz CT molecular complexity index is 1200. The van der Waals surface area contributed by atoms with Crippen LogP contribution in [-0.4, -0.2) is 18.5 Å². The molecule has 0 fully saturated rings. The Labute approximate surface area is 168 Å². The van der Waals surface area contributed by atoms with E-state index in [2.05, 4.69) is 9.88 Å². The molecule has 150 valence electrons. The van der Waals surface area contributed by atoms with Gasteiger partial charge in [-0.3, -0.25) is 14.8 Å². The number of nitrogens with one attached hydrogen (secondary N) is 1. The van der Waals surface area contributed by atoms with Crippen LogP contribution in [0.1, 0.15) is 28.1 Å². The van der Waals surface area contributed by atoms with Crippen LogP contribution in [-0.2, 0) is 10.0 Å². The third kappa shape index (κ3) is 4.52. The van der Waals surface area contributed by atoms with Crippen LogP contribution in [0, 0.1) is 30.9 Å². The fourth-order valence-corrected chi connectivity index (χ4v) is 4.07. The van der Waals surface area contributed by atoms with Crippen LogP contribution in [0.3, 0.4) is 0 Å². The Morgan fingerprint density at radius 3 is 2.41 bits per heavy atom. The zero-order valence-electron chi connectivity index (χ0n) is 16.0. The summed E-state index contributed by atoms with van der Waals surface area (Å²) in [6.07, 6.45) is 2.93. The van der Waals surface area contributed by atoms with Crippen LogP contribution in [0.5, 0.6) is 0 Å². The lowest BCUT2D eigenvalue weighted by Gasteiger charge is -2.11. The van der Waals surface area contributed by atoms with Crippen LogP contribution in [0.25, 0.3) is 12.2 Å². The van der Waals surface area contributed by atoms with Crippen molar-refractivity contribution in [3.63, 3.8) is 0 Å². The van der Waals surface area contributed by atoms with E-state index in [-0.39, 0.29) is 22.0 Å². The lowest BCUT2D eigenvalue weighted by Crippen LogP contribution is -2.14. The molecule has 1 aromatic heterocycles. The SMILES string of the molecule is Cc1ccc(NS(=O)(=O)c2cc(/C=C/c3onc(C)c3[N+](=O)[O-])ccc2C)cc1. The Hall–Kier alpha value is -3.46. The molecule has 3 aromatic rings. The second-order valence-corrected chi connectivity index (χ2v) is 8.22. The second kappa shape index (κ2) is 7.88. The first-order valence-electron chi connectivity index (χ1n) is 8.66. The number of aryl methyl sites for hydroxylation is 3. The van der Waals surface area contributed by atoms with Gasteiger partial charge in [0.2, 0.25) is 5.76 Å². The molecule has 0 aliphatic carbocycles. The van der Waals surface area contributed by atoms with Gasteiger partial charge in [-0.2, -0.15) is 0 Å². The van der Waals surface area contributed by atoms with Crippen LogP contribution in [0.2, 0.25) is 0 Å². The highest BCUT2D eigenvalue weighted by atomic mass is 32.2. The lowest BCUT2D eigenvalue weighted by molar-refractivity contribution is -0.386. The second-order valence-electron chi connectivity index (χ2n) is 6.57. The van der Waals surface area contributed by atoms with Gasteiger partial charge in [-0.25, -0.2) is 8.42 Å². The fraction of sp³-hybridized carbons (Fsp3) is 0.150. The van der Waals surface area contributed by atoms with E-state index in [0.717, 1.165) is 5.56 Å². The fourth-order valence-electron chi connectivity index (χ4n) is 2.73. The number of hydrogen-bond donors (Lipinski definition) is 1. The van der Waals surface area contributed by atoms with Gasteiger partial charge < -0.3 is 4.52 Å². The summed E-state index contributed by atoms with van der Waals surface area (Å²) >= 11 is 0. The first-order chi connectivity index (χ1) is 13.7. The number of rotatable bonds is 6. The maximum Gasteiger partial charge on any atom is 0.338 e. The maximum absolute atomic E-state index is 12.8. The third-order valence-corrected chi connectivity index (χ3v) is 5.80. The minimum Gasteiger partial charge on any atom is -0.349 e. The van der Waals surface area contributed by atoms with Crippen LogP contribution >= 0.6 is 0 Å². The summed E-state index contributed by atoms with van der Waals surface area (Å²) < 4.78 is 33.2. The quantitative estimate of drug-likeness (QED) is 0.470. The summed E-state index contributed by atoms with van der Waals surface area (Å²) in [6.45, 7) is 5.09. The molecule has 3 rings (SSSR count). The highest BCUT2D eigenvalue weighted by Crippen LogP contribution is 2.26. The summed E-state index contributed by atoms with van der Waals surface area (Å²) in [6, 6.07) is 11.9. The van der Waals surface area contributed by atoms with Crippen LogP contribution < -0.4 is 4.72 Å². The molecule has 0 bridgehead atoms. The average Bonchev–Trinajstić information content (AvgIpc) is 3.03. The molecule has 0 saturated carbocycles. The highest BCUT2D eigenvalue weighted by molar-refractivity contribution is 7.92. The number of benzene rings is 2. The van der Waals surface area contributed by atoms with Gasteiger partial charge in [0, 0.05) is 5.69 Å². The maximum atomic E-state index is 12.8. The third-order valence-electron chi connectivity index (χ3n) is 4.27. The molecule has 1 N–H and O–H groups in total. The van der Waals surface area contributed by atoms with E-state index >= 15 is 0 Å². The van der Waals surface area contributed by atoms with Gasteiger partial charge in [0.15, 0.2) is 5.69 Å². The average molecular weight is 413 g/mol. The van der Waals surface area contributed by atoms with E-state index in [1.165, 1.54) is 25.1 Å². The minimum atomic E-state index is -3.81. The van der Waals surface area contributed by atoms with Gasteiger partial charge in [0.05, 0.1) is 9.82 Å². The van der Waals surface area contributed by atoms with Gasteiger partial charge in [-0.15, -0.1) is 0 Å². The molecule has 0 spiro atoms. The van der Waals surface area contributed by atoms with E-state index in [1.54, 1.807) is 31.2 Å². The Balaban J connectivity index is 1.92. The molecule has 2 aromatic carbocycles. The van der Waals surface area contributed by atoms with Crippen molar-refractivity contribution in [2.24, 2.45) is 0 Å². The lowest BCUT2D eigenvalue weighted by atomic mass is 10.1. The van der Waals surface area contributed by atoms with Crippen molar-refractivity contribution < 1.29 is 17.9 Å². The van der Waals surface area contributed by atoms with Crippen molar-refractivity contribution in [1.82, 2.24) is 5.16 Å². The molecule has 0 atom stereocenters. The van der Waals surface area contributed by atoms with Gasteiger partial charge in [-0.05, 0) is 56.2 Å². The molecule has 8 nitrogen and oxygen atoms in total. The molecule has 0 radical (unpaired) electrons. The van der Waals surface area contributed by atoms with Crippen LogP contribution in [0.15, 0.2) is 51.9 Å². The van der Waals surface area contributed by atoms with Gasteiger partial charge in [0.25, 0.3) is 10.0 Å². The van der Waals surface area contributed by atoms with Gasteiger partial charge in [0.1, 0.15) is 0 Å². The number of anilines is 1. The van der Waals surface area contributed by atoms with Crippen molar-refractivity contribution in [3.05, 3.63) is 80.7 Å². The number of nitro groups is 1. The summed E-state index contributed by atoms with van der Waals surface area (Å²) in [5.74, 6) is -0.00439. The topological polar surface area (TPSA) is 115 Å². The first kappa shape index (κ1) is 20.3. The standard InChI is InChI=1S/C20H19N3O5S/c1-13-4-9-17(10-5-13)22-29(26,27)19-12-16(7-6-14(19)2)8-11-18-20(23(24)25)15(3)21-28-18/h4-12,22H,1-3H3/b11-8+. The number of aromatic nitrogens is 1. The van der Waals surface area contributed by atoms with Crippen molar-refractivity contribution in [2.75, 3.05) is 4.72 Å². The van der Waals surface area contributed by atoms with E-state index in [9.17, 15) is 18.5 Å². The molecule has 1 heterocycles. The molecule has 0 aliphatic heterocycles. The molecule has 0 amide bonds. The minimum absolute atomic E-state index is 0.00439. The monoisotopic (exact) mass is 413 g/mol. The van der Waals surface area contributed by atoms with E-state index < -0.39 is 14.9 Å². The number of hydrogen-bond acceptors (Lipinski definition) is 6. The molecule has 0 unspecified atom stereocenters. The van der Waals surface area contributed by atoms with Crippen LogP contribution in [0.4, 0.5) is 11.4 Å². The summed E-state index contributed by atoms with van der Waals surface area (Å²) in [4.78, 5) is 10.7. The van der Waals surface area contributed by atoms with E-state index in [1.807, 2.05) is 19.1 Å². The largest absolute Gasteiger partial charge is 0.349 e. The summed E-state index contributed by atoms with van der Waals surface area (Å²) in [7, 11) is -3.81. The predicted octanol–water partition coefficient (Wildman–Crippen LogP) is 4.48. The first-order valence-corrected chi connectivity index (χ1v) is 10.1. The van der Waals surface area contributed by atoms with E-state index in [0.29, 0.717) is 16.8 Å². The molecule has 0 saturated heterocycles. The van der Waals surface area contributed by atoms with Crippen molar-refractivity contribution in [1.29, 1.82) is 0 Å². The highest BCUT2D eigenvalue weighted by Gasteiger charge is 2.22. The van der Waals surface area contributed by atoms with Crippen molar-refractivity contribution >= 4 is 33.6 Å². The summed E-state index contributed by atoms with van der Waals surface area (Å²) in [5.41, 5.74) is 2.55. The zero-order chi connectivity index (χ0) is 21.2. The Morgan fingerprint density at radius 2 is 1.76 bits per heavy atom. The Kier molecular flexibility index (Phi) is 5.51. The van der Waals surface area contributed by atoms with Crippen molar-refractivity contribution in [2.45, 2.75) is 25.7 Å². The molecule has 9 heteroatoms. The van der Waals surface area contributed by atoms with Crippen molar-refractivity contribution in [3.8, 4) is 0 Å². The molecule has 29 heavy (non-hydrogen) atoms. The number of nitrogens with zero attached hydrogens (tertiary/aromatic N) is 2. The molecular weight excluding hydrogens is 394 g/mol. The number of sulfonamides is 1. The molecular formula is C20H19N3O5S. The van der Waals surface area contributed by atoms with E-state index in [4.69, 9.17) is 4.52 Å².